The first-order valence-corrected chi connectivity index (χ1v) is 11.4. The van der Waals surface area contributed by atoms with Gasteiger partial charge in [-0.3, -0.25) is 0 Å². The molecule has 0 fully saturated rings. The molecule has 3 rings (SSSR count). The number of aromatic nitrogens is 1. The first kappa shape index (κ1) is 19.1. The molecular formula is C20H24N2O2S2. The summed E-state index contributed by atoms with van der Waals surface area (Å²) in [4.78, 5) is 4.86. The monoisotopic (exact) mass is 388 g/mol. The van der Waals surface area contributed by atoms with Crippen LogP contribution in [0.25, 0.3) is 5.57 Å². The van der Waals surface area contributed by atoms with Crippen LogP contribution in [-0.2, 0) is 22.9 Å². The zero-order chi connectivity index (χ0) is 18.7. The number of aryl methyl sites for hydroxylation is 2. The van der Waals surface area contributed by atoms with Crippen molar-refractivity contribution in [2.24, 2.45) is 0 Å². The second-order valence-corrected chi connectivity index (χ2v) is 9.44. The molecule has 1 heterocycles. The van der Waals surface area contributed by atoms with Gasteiger partial charge >= 0.3 is 0 Å². The van der Waals surface area contributed by atoms with Crippen LogP contribution in [0.2, 0.25) is 0 Å². The molecule has 0 spiro atoms. The molecule has 4 nitrogen and oxygen atoms in total. The van der Waals surface area contributed by atoms with Gasteiger partial charge in [-0.15, -0.1) is 11.8 Å². The van der Waals surface area contributed by atoms with E-state index >= 15 is 0 Å². The molecule has 0 saturated heterocycles. The quantitative estimate of drug-likeness (QED) is 0.702. The van der Waals surface area contributed by atoms with Crippen LogP contribution in [0.15, 0.2) is 52.9 Å². The lowest BCUT2D eigenvalue weighted by Gasteiger charge is -2.21. The Morgan fingerprint density at radius 1 is 1.19 bits per heavy atom. The van der Waals surface area contributed by atoms with Crippen molar-refractivity contribution in [3.63, 3.8) is 0 Å². The molecule has 1 aliphatic carbocycles. The van der Waals surface area contributed by atoms with Gasteiger partial charge < -0.3 is 0 Å². The van der Waals surface area contributed by atoms with Gasteiger partial charge in [0.2, 0.25) is 10.0 Å². The Morgan fingerprint density at radius 2 is 1.92 bits per heavy atom. The molecule has 26 heavy (non-hydrogen) atoms. The zero-order valence-corrected chi connectivity index (χ0v) is 16.9. The third-order valence-corrected chi connectivity index (χ3v) is 7.18. The van der Waals surface area contributed by atoms with E-state index in [1.807, 2.05) is 36.6 Å². The van der Waals surface area contributed by atoms with Crippen molar-refractivity contribution in [2.45, 2.75) is 35.6 Å². The molecule has 0 aliphatic heterocycles. The van der Waals surface area contributed by atoms with E-state index in [1.54, 1.807) is 24.9 Å². The van der Waals surface area contributed by atoms with Gasteiger partial charge in [-0.2, -0.15) is 4.31 Å². The average Bonchev–Trinajstić information content (AvgIpc) is 2.67. The summed E-state index contributed by atoms with van der Waals surface area (Å²) in [5.41, 5.74) is 3.86. The smallest absolute Gasteiger partial charge is 0.242 e. The standard InChI is InChI=1S/C20H24N2O2S2/c1-15(19-9-6-10-20(21-19)25-3)14-22(2)26(23,24)18-12-11-16-7-4-5-8-17(16)13-18/h6,9-13H,1,4-5,7-8,14H2,2-3H3. The first-order valence-electron chi connectivity index (χ1n) is 8.69. The van der Waals surface area contributed by atoms with E-state index in [9.17, 15) is 8.42 Å². The van der Waals surface area contributed by atoms with Gasteiger partial charge in [0.05, 0.1) is 15.6 Å². The fourth-order valence-electron chi connectivity index (χ4n) is 3.21. The molecule has 6 heteroatoms. The second kappa shape index (κ2) is 7.94. The van der Waals surface area contributed by atoms with Gasteiger partial charge in [-0.25, -0.2) is 13.4 Å². The van der Waals surface area contributed by atoms with Crippen LogP contribution in [0, 0.1) is 0 Å². The highest BCUT2D eigenvalue weighted by molar-refractivity contribution is 7.98. The Morgan fingerprint density at radius 3 is 2.65 bits per heavy atom. The fraction of sp³-hybridized carbons (Fsp3) is 0.350. The van der Waals surface area contributed by atoms with Crippen molar-refractivity contribution in [3.8, 4) is 0 Å². The number of benzene rings is 1. The normalized spacial score (nSPS) is 14.3. The van der Waals surface area contributed by atoms with Gasteiger partial charge in [0, 0.05) is 13.6 Å². The maximum absolute atomic E-state index is 13.0. The van der Waals surface area contributed by atoms with Crippen LogP contribution >= 0.6 is 11.8 Å². The molecule has 0 amide bonds. The molecule has 0 radical (unpaired) electrons. The SMILES string of the molecule is C=C(CN(C)S(=O)(=O)c1ccc2c(c1)CCCC2)c1cccc(SC)n1. The van der Waals surface area contributed by atoms with E-state index in [2.05, 4.69) is 11.6 Å². The number of sulfonamides is 1. The van der Waals surface area contributed by atoms with E-state index in [-0.39, 0.29) is 6.54 Å². The minimum Gasteiger partial charge on any atom is -0.242 e. The molecule has 0 atom stereocenters. The Kier molecular flexibility index (Phi) is 5.85. The number of likely N-dealkylation sites (N-methyl/N-ethyl adjacent to an activating group) is 1. The van der Waals surface area contributed by atoms with Crippen LogP contribution in [-0.4, -0.2) is 37.6 Å². The maximum Gasteiger partial charge on any atom is 0.243 e. The number of pyridine rings is 1. The molecule has 1 aromatic carbocycles. The lowest BCUT2D eigenvalue weighted by molar-refractivity contribution is 0.502. The van der Waals surface area contributed by atoms with Gasteiger partial charge in [-0.1, -0.05) is 18.7 Å². The number of rotatable bonds is 6. The minimum atomic E-state index is -3.55. The lowest BCUT2D eigenvalue weighted by atomic mass is 9.92. The van der Waals surface area contributed by atoms with Crippen LogP contribution in [0.4, 0.5) is 0 Å². The van der Waals surface area contributed by atoms with E-state index in [0.717, 1.165) is 30.0 Å². The molecule has 0 unspecified atom stereocenters. The summed E-state index contributed by atoms with van der Waals surface area (Å²) in [6, 6.07) is 11.2. The van der Waals surface area contributed by atoms with Crippen molar-refractivity contribution in [1.82, 2.24) is 9.29 Å². The summed E-state index contributed by atoms with van der Waals surface area (Å²) in [7, 11) is -1.96. The molecule has 1 aliphatic rings. The third kappa shape index (κ3) is 4.03. The highest BCUT2D eigenvalue weighted by Gasteiger charge is 2.23. The Labute approximate surface area is 160 Å². The van der Waals surface area contributed by atoms with E-state index in [0.29, 0.717) is 10.5 Å². The summed E-state index contributed by atoms with van der Waals surface area (Å²) >= 11 is 1.55. The molecule has 2 aromatic rings. The van der Waals surface area contributed by atoms with Crippen molar-refractivity contribution in [2.75, 3.05) is 19.8 Å². The van der Waals surface area contributed by atoms with Gasteiger partial charge in [-0.05, 0) is 72.9 Å². The largest absolute Gasteiger partial charge is 0.243 e. The van der Waals surface area contributed by atoms with Crippen LogP contribution in [0.5, 0.6) is 0 Å². The summed E-state index contributed by atoms with van der Waals surface area (Å²) in [5.74, 6) is 0. The topological polar surface area (TPSA) is 50.3 Å². The highest BCUT2D eigenvalue weighted by Crippen LogP contribution is 2.26. The predicted octanol–water partition coefficient (Wildman–Crippen LogP) is 4.02. The molecular weight excluding hydrogens is 364 g/mol. The summed E-state index contributed by atoms with van der Waals surface area (Å²) < 4.78 is 27.3. The summed E-state index contributed by atoms with van der Waals surface area (Å²) in [6.45, 7) is 4.25. The highest BCUT2D eigenvalue weighted by atomic mass is 32.2. The Balaban J connectivity index is 1.79. The van der Waals surface area contributed by atoms with Crippen LogP contribution < -0.4 is 0 Å². The number of nitrogens with zero attached hydrogens (tertiary/aromatic N) is 2. The maximum atomic E-state index is 13.0. The van der Waals surface area contributed by atoms with E-state index in [1.165, 1.54) is 21.9 Å². The second-order valence-electron chi connectivity index (χ2n) is 6.57. The van der Waals surface area contributed by atoms with Crippen LogP contribution in [0.3, 0.4) is 0 Å². The summed E-state index contributed by atoms with van der Waals surface area (Å²) in [5, 5.41) is 0.892. The van der Waals surface area contributed by atoms with Crippen molar-refractivity contribution in [1.29, 1.82) is 0 Å². The van der Waals surface area contributed by atoms with Crippen molar-refractivity contribution < 1.29 is 8.42 Å². The molecule has 0 bridgehead atoms. The van der Waals surface area contributed by atoms with E-state index in [4.69, 9.17) is 0 Å². The number of thioether (sulfide) groups is 1. The van der Waals surface area contributed by atoms with Crippen LogP contribution in [0.1, 0.15) is 29.7 Å². The fourth-order valence-corrected chi connectivity index (χ4v) is 4.83. The molecule has 1 aromatic heterocycles. The zero-order valence-electron chi connectivity index (χ0n) is 15.2. The lowest BCUT2D eigenvalue weighted by Crippen LogP contribution is -2.29. The molecule has 138 valence electrons. The van der Waals surface area contributed by atoms with Gasteiger partial charge in [0.15, 0.2) is 0 Å². The predicted molar refractivity (Wildman–Crippen MR) is 108 cm³/mol. The third-order valence-electron chi connectivity index (χ3n) is 4.74. The number of hydrogen-bond donors (Lipinski definition) is 0. The van der Waals surface area contributed by atoms with Crippen molar-refractivity contribution in [3.05, 3.63) is 59.8 Å². The first-order chi connectivity index (χ1) is 12.4. The van der Waals surface area contributed by atoms with Crippen molar-refractivity contribution >= 4 is 27.4 Å². The number of hydrogen-bond acceptors (Lipinski definition) is 4. The van der Waals surface area contributed by atoms with Gasteiger partial charge in [0.25, 0.3) is 0 Å². The number of fused-ring (bicyclic) bond motifs is 1. The summed E-state index contributed by atoms with van der Waals surface area (Å²) in [6.07, 6.45) is 6.27. The molecule has 0 N–H and O–H groups in total. The van der Waals surface area contributed by atoms with E-state index < -0.39 is 10.0 Å². The van der Waals surface area contributed by atoms with Gasteiger partial charge in [0.1, 0.15) is 0 Å². The Bertz CT molecular complexity index is 923. The Hall–Kier alpha value is -1.63. The molecule has 0 saturated carbocycles. The average molecular weight is 389 g/mol. The minimum absolute atomic E-state index is 0.213.